The Balaban J connectivity index is 0.776. The van der Waals surface area contributed by atoms with Crippen LogP contribution in [0.25, 0.3) is 99.0 Å². The average Bonchev–Trinajstić information content (AvgIpc) is 4.24. The van der Waals surface area contributed by atoms with Crippen LogP contribution in [0.15, 0.2) is 322 Å². The highest BCUT2D eigenvalue weighted by Crippen LogP contribution is 2.42. The molecule has 16 aromatic rings. The van der Waals surface area contributed by atoms with Gasteiger partial charge in [0.05, 0.1) is 27.6 Å². The van der Waals surface area contributed by atoms with Crippen molar-refractivity contribution in [3.05, 3.63) is 322 Å². The molecule has 4 heteroatoms. The van der Waals surface area contributed by atoms with Crippen molar-refractivity contribution in [1.82, 2.24) is 8.97 Å². The van der Waals surface area contributed by atoms with Crippen LogP contribution < -0.4 is 25.6 Å². The molecule has 3 aromatic heterocycles. The van der Waals surface area contributed by atoms with E-state index in [0.29, 0.717) is 0 Å². The first-order chi connectivity index (χ1) is 40.7. The summed E-state index contributed by atoms with van der Waals surface area (Å²) in [5.41, 5.74) is 17.7. The fraction of sp³-hybridized carbons (Fsp3) is 0. The molecule has 0 aliphatic heterocycles. The van der Waals surface area contributed by atoms with Crippen molar-refractivity contribution >= 4 is 106 Å². The van der Waals surface area contributed by atoms with Crippen LogP contribution in [0.2, 0.25) is 0 Å². The minimum atomic E-state index is -2.65. The van der Waals surface area contributed by atoms with Crippen LogP contribution in [0.5, 0.6) is 0 Å². The Bertz CT molecular complexity index is 4880. The molecule has 0 unspecified atom stereocenters. The van der Waals surface area contributed by atoms with Crippen molar-refractivity contribution < 1.29 is 0 Å². The summed E-state index contributed by atoms with van der Waals surface area (Å²) in [6, 6.07) is 119. The summed E-state index contributed by atoms with van der Waals surface area (Å²) < 4.78 is 4.84. The van der Waals surface area contributed by atoms with Gasteiger partial charge in [0.25, 0.3) is 0 Å². The first-order valence-corrected chi connectivity index (χ1v) is 30.3. The molecule has 0 fully saturated rings. The molecule has 384 valence electrons. The van der Waals surface area contributed by atoms with E-state index >= 15 is 0 Å². The van der Waals surface area contributed by atoms with E-state index < -0.39 is 8.07 Å². The van der Waals surface area contributed by atoms with Crippen molar-refractivity contribution in [2.75, 3.05) is 4.90 Å². The minimum Gasteiger partial charge on any atom is -0.311 e. The van der Waals surface area contributed by atoms with Crippen LogP contribution in [-0.4, -0.2) is 17.0 Å². The fourth-order valence-corrected chi connectivity index (χ4v) is 18.2. The first-order valence-electron chi connectivity index (χ1n) is 28.3. The van der Waals surface area contributed by atoms with Gasteiger partial charge in [0, 0.05) is 55.1 Å². The Kier molecular flexibility index (Phi) is 11.2. The highest BCUT2D eigenvalue weighted by atomic mass is 28.3. The van der Waals surface area contributed by atoms with Crippen LogP contribution >= 0.6 is 0 Å². The van der Waals surface area contributed by atoms with Crippen LogP contribution in [0, 0.1) is 0 Å². The maximum atomic E-state index is 2.47. The highest BCUT2D eigenvalue weighted by Gasteiger charge is 2.41. The van der Waals surface area contributed by atoms with E-state index in [0.717, 1.165) is 22.7 Å². The van der Waals surface area contributed by atoms with Gasteiger partial charge in [-0.15, -0.1) is 0 Å². The maximum absolute atomic E-state index is 2.65. The topological polar surface area (TPSA) is 12.6 Å². The molecule has 16 rings (SSSR count). The third kappa shape index (κ3) is 7.57. The average molecular weight is 1060 g/mol. The van der Waals surface area contributed by atoms with Gasteiger partial charge in [-0.1, -0.05) is 243 Å². The molecule has 0 spiro atoms. The van der Waals surface area contributed by atoms with E-state index in [1.54, 1.807) is 0 Å². The number of fused-ring (bicyclic) bond motifs is 9. The Morgan fingerprint density at radius 1 is 0.232 bits per heavy atom. The van der Waals surface area contributed by atoms with Gasteiger partial charge in [0.1, 0.15) is 0 Å². The molecule has 0 atom stereocenters. The van der Waals surface area contributed by atoms with Gasteiger partial charge in [0.15, 0.2) is 8.07 Å². The van der Waals surface area contributed by atoms with Crippen LogP contribution in [0.4, 0.5) is 17.1 Å². The first kappa shape index (κ1) is 47.5. The molecule has 0 aliphatic rings. The number of hydrogen-bond acceptors (Lipinski definition) is 1. The molecule has 0 aliphatic carbocycles. The summed E-state index contributed by atoms with van der Waals surface area (Å²) in [6.07, 6.45) is 0. The lowest BCUT2D eigenvalue weighted by Gasteiger charge is -2.34. The Morgan fingerprint density at radius 3 is 1.13 bits per heavy atom. The largest absolute Gasteiger partial charge is 0.311 e. The Labute approximate surface area is 477 Å². The second kappa shape index (κ2) is 19.4. The molecule has 0 bridgehead atoms. The molecule has 3 heterocycles. The predicted octanol–water partition coefficient (Wildman–Crippen LogP) is 17.8. The van der Waals surface area contributed by atoms with E-state index in [2.05, 4.69) is 335 Å². The van der Waals surface area contributed by atoms with E-state index in [1.807, 2.05) is 0 Å². The summed E-state index contributed by atoms with van der Waals surface area (Å²) >= 11 is 0. The fourth-order valence-electron chi connectivity index (χ4n) is 13.5. The molecule has 0 radical (unpaired) electrons. The van der Waals surface area contributed by atoms with E-state index in [9.17, 15) is 0 Å². The highest BCUT2D eigenvalue weighted by molar-refractivity contribution is 7.19. The van der Waals surface area contributed by atoms with Gasteiger partial charge in [0.2, 0.25) is 0 Å². The van der Waals surface area contributed by atoms with Gasteiger partial charge >= 0.3 is 0 Å². The van der Waals surface area contributed by atoms with Crippen LogP contribution in [0.1, 0.15) is 0 Å². The zero-order valence-corrected chi connectivity index (χ0v) is 45.9. The molecule has 0 amide bonds. The molecule has 13 aromatic carbocycles. The zero-order chi connectivity index (χ0) is 54.1. The summed E-state index contributed by atoms with van der Waals surface area (Å²) in [5, 5.41) is 13.1. The van der Waals surface area contributed by atoms with Crippen LogP contribution in [0.3, 0.4) is 0 Å². The lowest BCUT2D eigenvalue weighted by atomic mass is 10.0. The van der Waals surface area contributed by atoms with Crippen molar-refractivity contribution in [2.24, 2.45) is 0 Å². The lowest BCUT2D eigenvalue weighted by molar-refractivity contribution is 1.18. The number of para-hydroxylation sites is 4. The monoisotopic (exact) mass is 1060 g/mol. The quantitative estimate of drug-likeness (QED) is 0.0929. The number of benzene rings is 13. The van der Waals surface area contributed by atoms with Gasteiger partial charge < -0.3 is 13.9 Å². The molecular formula is C78H53N3Si. The predicted molar refractivity (Wildman–Crippen MR) is 350 cm³/mol. The maximum Gasteiger partial charge on any atom is 0.179 e. The number of anilines is 3. The Hall–Kier alpha value is -10.5. The SMILES string of the molecule is c1ccc(-n2c3ccccc3c3cc(-c4ccc(N(c5ccc(-c6ccc([Si](c7ccccc7)(c7ccccc7)c7ccccc7)cc6)cc5)c5ccc(-c6ccc7c8cccc9c%10ccccc%10n(c7c6)c98)cc5)cc4)ccc32)cc1. The van der Waals surface area contributed by atoms with Gasteiger partial charge in [-0.25, -0.2) is 0 Å². The third-order valence-electron chi connectivity index (χ3n) is 17.2. The number of aromatic nitrogens is 2. The van der Waals surface area contributed by atoms with E-state index in [1.165, 1.54) is 114 Å². The molecule has 0 N–H and O–H groups in total. The third-order valence-corrected chi connectivity index (χ3v) is 22.0. The standard InChI is InChI=1S/C78H53N3Si/c1-5-18-60(19-6-1)80-74-30-15-14-27-69(74)73-52-58(41-51-76(73)80)56-34-44-62(45-35-56)79(63-46-36-57(37-47-63)59-40-50-70-72-29-17-28-71-68-26-13-16-31-75(68)81(78(71)72)77(70)53-59)61-42-32-54(33-43-61)55-38-48-67(49-39-55)82(64-20-7-2-8-21-64,65-22-9-3-10-23-65)66-24-11-4-12-25-66/h1-53H. The normalized spacial score (nSPS) is 11.9. The second-order valence-corrected chi connectivity index (χ2v) is 25.4. The number of rotatable bonds is 11. The second-order valence-electron chi connectivity index (χ2n) is 21.6. The van der Waals surface area contributed by atoms with E-state index in [-0.39, 0.29) is 0 Å². The number of hydrogen-bond donors (Lipinski definition) is 0. The zero-order valence-electron chi connectivity index (χ0n) is 44.9. The summed E-state index contributed by atoms with van der Waals surface area (Å²) in [7, 11) is -2.65. The van der Waals surface area contributed by atoms with Crippen molar-refractivity contribution in [3.63, 3.8) is 0 Å². The molecule has 0 saturated carbocycles. The smallest absolute Gasteiger partial charge is 0.179 e. The number of nitrogens with zero attached hydrogens (tertiary/aromatic N) is 3. The van der Waals surface area contributed by atoms with Crippen molar-refractivity contribution in [1.29, 1.82) is 0 Å². The van der Waals surface area contributed by atoms with Crippen molar-refractivity contribution in [2.45, 2.75) is 0 Å². The molecule has 3 nitrogen and oxygen atoms in total. The minimum absolute atomic E-state index is 1.08. The lowest BCUT2D eigenvalue weighted by Crippen LogP contribution is -2.74. The van der Waals surface area contributed by atoms with Crippen molar-refractivity contribution in [3.8, 4) is 39.1 Å². The summed E-state index contributed by atoms with van der Waals surface area (Å²) in [5.74, 6) is 0. The summed E-state index contributed by atoms with van der Waals surface area (Å²) in [6.45, 7) is 0. The van der Waals surface area contributed by atoms with E-state index in [4.69, 9.17) is 0 Å². The molecule has 0 saturated heterocycles. The van der Waals surface area contributed by atoms with Gasteiger partial charge in [-0.2, -0.15) is 0 Å². The molecular weight excluding hydrogens is 1010 g/mol. The van der Waals surface area contributed by atoms with Gasteiger partial charge in [-0.05, 0) is 133 Å². The van der Waals surface area contributed by atoms with Gasteiger partial charge in [-0.3, -0.25) is 0 Å². The molecule has 82 heavy (non-hydrogen) atoms. The van der Waals surface area contributed by atoms with Crippen LogP contribution in [-0.2, 0) is 0 Å². The summed E-state index contributed by atoms with van der Waals surface area (Å²) in [4.78, 5) is 2.39. The Morgan fingerprint density at radius 2 is 0.598 bits per heavy atom.